The van der Waals surface area contributed by atoms with Crippen LogP contribution in [0.5, 0.6) is 0 Å². The van der Waals surface area contributed by atoms with Crippen molar-refractivity contribution in [1.82, 2.24) is 0 Å². The summed E-state index contributed by atoms with van der Waals surface area (Å²) in [6.07, 6.45) is 29.3. The molecule has 0 unspecified atom stereocenters. The smallest absolute Gasteiger partial charge is 0.0336 e. The van der Waals surface area contributed by atoms with Crippen molar-refractivity contribution in [1.29, 1.82) is 0 Å². The summed E-state index contributed by atoms with van der Waals surface area (Å²) >= 11 is 6.54. The second-order valence-corrected chi connectivity index (χ2v) is 11.4. The molecule has 0 nitrogen and oxygen atoms in total. The van der Waals surface area contributed by atoms with E-state index in [4.69, 9.17) is 11.6 Å². The van der Waals surface area contributed by atoms with Crippen LogP contribution in [0.4, 0.5) is 0 Å². The maximum absolute atomic E-state index is 6.54. The Kier molecular flexibility index (Phi) is 8.26. The van der Waals surface area contributed by atoms with Gasteiger partial charge < -0.3 is 0 Å². The largest absolute Gasteiger partial charge is 0.123 e. The zero-order valence-corrected chi connectivity index (χ0v) is 19.2. The van der Waals surface area contributed by atoms with E-state index in [9.17, 15) is 0 Å². The molecule has 0 aromatic rings. The fourth-order valence-corrected chi connectivity index (χ4v) is 7.56. The Labute approximate surface area is 180 Å². The average molecular weight is 405 g/mol. The Bertz CT molecular complexity index is 480. The van der Waals surface area contributed by atoms with E-state index in [1.807, 2.05) is 11.1 Å². The van der Waals surface area contributed by atoms with Crippen LogP contribution in [0.3, 0.4) is 0 Å². The summed E-state index contributed by atoms with van der Waals surface area (Å²) < 4.78 is 0. The van der Waals surface area contributed by atoms with E-state index in [1.165, 1.54) is 128 Å². The lowest BCUT2D eigenvalue weighted by Gasteiger charge is -2.39. The van der Waals surface area contributed by atoms with Crippen molar-refractivity contribution in [3.8, 4) is 0 Å². The number of halogens is 1. The van der Waals surface area contributed by atoms with Crippen LogP contribution in [0, 0.1) is 23.7 Å². The van der Waals surface area contributed by atoms with Crippen LogP contribution in [0.1, 0.15) is 128 Å². The molecule has 0 bridgehead atoms. The number of allylic oxidation sites excluding steroid dienone is 2. The lowest BCUT2D eigenvalue weighted by Crippen LogP contribution is -2.26. The summed E-state index contributed by atoms with van der Waals surface area (Å²) in [4.78, 5) is 0. The van der Waals surface area contributed by atoms with Crippen molar-refractivity contribution in [3.05, 3.63) is 11.1 Å². The molecule has 4 fully saturated rings. The lowest BCUT2D eigenvalue weighted by atomic mass is 9.66. The molecule has 0 aromatic heterocycles. The van der Waals surface area contributed by atoms with E-state index in [2.05, 4.69) is 0 Å². The monoisotopic (exact) mass is 404 g/mol. The molecule has 0 N–H and O–H groups in total. The highest BCUT2D eigenvalue weighted by molar-refractivity contribution is 6.20. The quantitative estimate of drug-likeness (QED) is 0.316. The maximum atomic E-state index is 6.54. The zero-order valence-electron chi connectivity index (χ0n) is 18.4. The van der Waals surface area contributed by atoms with Gasteiger partial charge in [-0.25, -0.2) is 0 Å². The third kappa shape index (κ3) is 5.59. The van der Waals surface area contributed by atoms with Gasteiger partial charge in [-0.3, -0.25) is 0 Å². The summed E-state index contributed by atoms with van der Waals surface area (Å²) in [5, 5.41) is 0.459. The molecule has 0 heterocycles. The van der Waals surface area contributed by atoms with E-state index in [0.717, 1.165) is 23.7 Å². The second-order valence-electron chi connectivity index (χ2n) is 10.8. The summed E-state index contributed by atoms with van der Waals surface area (Å²) in [6.45, 7) is 0. The Morgan fingerprint density at radius 2 is 0.964 bits per heavy atom. The first kappa shape index (κ1) is 21.3. The van der Waals surface area contributed by atoms with Crippen LogP contribution in [-0.4, -0.2) is 5.38 Å². The Balaban J connectivity index is 1.64. The van der Waals surface area contributed by atoms with Gasteiger partial charge in [0.05, 0.1) is 0 Å². The molecule has 0 radical (unpaired) electrons. The van der Waals surface area contributed by atoms with Crippen molar-refractivity contribution in [2.24, 2.45) is 23.7 Å². The van der Waals surface area contributed by atoms with E-state index in [-0.39, 0.29) is 0 Å². The third-order valence-electron chi connectivity index (χ3n) is 8.84. The van der Waals surface area contributed by atoms with Gasteiger partial charge in [-0.05, 0) is 81.5 Å². The van der Waals surface area contributed by atoms with Gasteiger partial charge in [-0.2, -0.15) is 0 Å². The Morgan fingerprint density at radius 1 is 0.500 bits per heavy atom. The highest BCUT2D eigenvalue weighted by Crippen LogP contribution is 2.47. The summed E-state index contributed by atoms with van der Waals surface area (Å²) in [5.41, 5.74) is 4.08. The third-order valence-corrected chi connectivity index (χ3v) is 9.28. The summed E-state index contributed by atoms with van der Waals surface area (Å²) in [6, 6.07) is 0. The van der Waals surface area contributed by atoms with Crippen molar-refractivity contribution in [2.75, 3.05) is 0 Å². The van der Waals surface area contributed by atoms with Gasteiger partial charge in [-0.1, -0.05) is 81.8 Å². The molecule has 0 aliphatic heterocycles. The number of alkyl halides is 1. The molecule has 0 saturated heterocycles. The number of hydrogen-bond acceptors (Lipinski definition) is 0. The van der Waals surface area contributed by atoms with Gasteiger partial charge in [0.2, 0.25) is 0 Å². The SMILES string of the molecule is ClC1CCC(C(=C(CC2CCCCC2)C2CCCCC2)C2CCCCC2)CC1. The summed E-state index contributed by atoms with van der Waals surface area (Å²) in [7, 11) is 0. The van der Waals surface area contributed by atoms with Gasteiger partial charge in [0.15, 0.2) is 0 Å². The van der Waals surface area contributed by atoms with Crippen LogP contribution in [0.15, 0.2) is 11.1 Å². The van der Waals surface area contributed by atoms with Gasteiger partial charge in [0, 0.05) is 5.38 Å². The fourth-order valence-electron chi connectivity index (χ4n) is 7.31. The van der Waals surface area contributed by atoms with Crippen LogP contribution in [0.25, 0.3) is 0 Å². The predicted octanol–water partition coefficient (Wildman–Crippen LogP) is 9.21. The second kappa shape index (κ2) is 10.9. The van der Waals surface area contributed by atoms with Crippen molar-refractivity contribution in [3.63, 3.8) is 0 Å². The van der Waals surface area contributed by atoms with E-state index >= 15 is 0 Å². The van der Waals surface area contributed by atoms with Crippen LogP contribution < -0.4 is 0 Å². The van der Waals surface area contributed by atoms with Crippen molar-refractivity contribution in [2.45, 2.75) is 134 Å². The molecule has 0 spiro atoms. The fraction of sp³-hybridized carbons (Fsp3) is 0.926. The highest BCUT2D eigenvalue weighted by atomic mass is 35.5. The minimum Gasteiger partial charge on any atom is -0.123 e. The lowest BCUT2D eigenvalue weighted by molar-refractivity contribution is 0.291. The Hall–Kier alpha value is 0.0300. The minimum atomic E-state index is 0.459. The first-order valence-electron chi connectivity index (χ1n) is 13.2. The van der Waals surface area contributed by atoms with Crippen LogP contribution >= 0.6 is 11.6 Å². The van der Waals surface area contributed by atoms with Crippen LogP contribution in [-0.2, 0) is 0 Å². The topological polar surface area (TPSA) is 0 Å². The molecule has 0 aromatic carbocycles. The average Bonchev–Trinajstić information content (AvgIpc) is 2.77. The minimum absolute atomic E-state index is 0.459. The molecule has 160 valence electrons. The van der Waals surface area contributed by atoms with Crippen molar-refractivity contribution >= 4 is 11.6 Å². The number of hydrogen-bond donors (Lipinski definition) is 0. The molecule has 4 aliphatic carbocycles. The normalized spacial score (nSPS) is 32.9. The molecular formula is C27H45Cl. The van der Waals surface area contributed by atoms with Gasteiger partial charge in [0.1, 0.15) is 0 Å². The molecule has 0 atom stereocenters. The molecule has 4 aliphatic rings. The highest BCUT2D eigenvalue weighted by Gasteiger charge is 2.33. The molecule has 0 amide bonds. The molecule has 4 saturated carbocycles. The Morgan fingerprint density at radius 3 is 1.54 bits per heavy atom. The first-order chi connectivity index (χ1) is 13.8. The van der Waals surface area contributed by atoms with Crippen molar-refractivity contribution < 1.29 is 0 Å². The number of rotatable bonds is 5. The molecule has 4 rings (SSSR count). The van der Waals surface area contributed by atoms with E-state index in [1.54, 1.807) is 0 Å². The standard InChI is InChI=1S/C27H45Cl/c28-25-18-16-24(17-19-25)27(23-14-8-3-9-15-23)26(22-12-6-2-7-13-22)20-21-10-4-1-5-11-21/h21-25H,1-20H2. The van der Waals surface area contributed by atoms with E-state index in [0.29, 0.717) is 5.38 Å². The van der Waals surface area contributed by atoms with Gasteiger partial charge in [-0.15, -0.1) is 11.6 Å². The molecular weight excluding hydrogens is 360 g/mol. The molecule has 28 heavy (non-hydrogen) atoms. The summed E-state index contributed by atoms with van der Waals surface area (Å²) in [5.74, 6) is 3.78. The van der Waals surface area contributed by atoms with E-state index < -0.39 is 0 Å². The van der Waals surface area contributed by atoms with Gasteiger partial charge >= 0.3 is 0 Å². The first-order valence-corrected chi connectivity index (χ1v) is 13.6. The molecule has 1 heteroatoms. The van der Waals surface area contributed by atoms with Gasteiger partial charge in [0.25, 0.3) is 0 Å². The maximum Gasteiger partial charge on any atom is 0.0336 e. The van der Waals surface area contributed by atoms with Crippen LogP contribution in [0.2, 0.25) is 0 Å². The zero-order chi connectivity index (χ0) is 19.2. The predicted molar refractivity (Wildman–Crippen MR) is 123 cm³/mol.